The summed E-state index contributed by atoms with van der Waals surface area (Å²) < 4.78 is 18.9. The molecule has 0 spiro atoms. The SMILES string of the molecule is CCC[CH2][Sn]([CH2]CCC)([CH2]CCC)[N]1C=C(N2CCOCC2)c2nc(CN3CC(N4CCOCC4)C3)sc2C1. The molecule has 0 radical (unpaired) electrons. The number of aromatic nitrogens is 1. The Kier molecular flexibility index (Phi) is 11.3. The molecule has 0 aliphatic carbocycles. The van der Waals surface area contributed by atoms with Gasteiger partial charge in [-0.1, -0.05) is 0 Å². The number of thiazole rings is 1. The summed E-state index contributed by atoms with van der Waals surface area (Å²) in [6.45, 7) is 19.2. The van der Waals surface area contributed by atoms with Gasteiger partial charge in [-0.2, -0.15) is 0 Å². The molecule has 9 heteroatoms. The van der Waals surface area contributed by atoms with Gasteiger partial charge in [0.05, 0.1) is 0 Å². The van der Waals surface area contributed by atoms with Crippen molar-refractivity contribution in [1.29, 1.82) is 0 Å². The van der Waals surface area contributed by atoms with E-state index >= 15 is 0 Å². The molecular weight excluding hydrogens is 613 g/mol. The Morgan fingerprint density at radius 3 is 2.05 bits per heavy atom. The van der Waals surface area contributed by atoms with Gasteiger partial charge in [-0.15, -0.1) is 0 Å². The molecule has 3 fully saturated rings. The number of morpholine rings is 2. The molecule has 0 N–H and O–H groups in total. The maximum atomic E-state index is 5.77. The molecule has 3 saturated heterocycles. The van der Waals surface area contributed by atoms with Crippen LogP contribution in [0.1, 0.15) is 74.9 Å². The van der Waals surface area contributed by atoms with Crippen molar-refractivity contribution in [2.24, 2.45) is 0 Å². The number of unbranched alkanes of at least 4 members (excludes halogenated alkanes) is 3. The van der Waals surface area contributed by atoms with Crippen molar-refractivity contribution >= 4 is 35.7 Å². The monoisotopic (exact) mass is 667 g/mol. The number of likely N-dealkylation sites (tertiary alicyclic amines) is 1. The first-order valence-electron chi connectivity index (χ1n) is 16.0. The number of nitrogens with zero attached hydrogens (tertiary/aromatic N) is 5. The van der Waals surface area contributed by atoms with Crippen LogP contribution >= 0.6 is 11.3 Å². The zero-order valence-electron chi connectivity index (χ0n) is 25.0. The van der Waals surface area contributed by atoms with Crippen molar-refractivity contribution in [2.45, 2.75) is 91.7 Å². The number of ether oxygens (including phenoxy) is 2. The van der Waals surface area contributed by atoms with Crippen LogP contribution in [-0.4, -0.2) is 113 Å². The number of hydrogen-bond donors (Lipinski definition) is 0. The van der Waals surface area contributed by atoms with Crippen LogP contribution in [0.15, 0.2) is 6.20 Å². The van der Waals surface area contributed by atoms with Gasteiger partial charge in [0.25, 0.3) is 0 Å². The van der Waals surface area contributed by atoms with Gasteiger partial charge in [0.15, 0.2) is 0 Å². The molecule has 39 heavy (non-hydrogen) atoms. The molecular formula is C30H53N5O2SSn. The van der Waals surface area contributed by atoms with Gasteiger partial charge in [0, 0.05) is 0 Å². The molecule has 0 bridgehead atoms. The van der Waals surface area contributed by atoms with Crippen molar-refractivity contribution in [2.75, 3.05) is 65.7 Å². The standard InChI is InChI=1S/C18H26N5O2S.3C4H9.Sn/c1-5-24-6-2-22(1)14-11-21(12-14)13-17-20-18-15(9-19-10-16(18)26-17)23-3-7-25-8-4-23;3*1-3-4-2;/h9,14H,1-8,10-13H2;3*1,3-4H2,2H3;/q-1;;;;+1. The van der Waals surface area contributed by atoms with E-state index in [0.29, 0.717) is 6.04 Å². The Bertz CT molecular complexity index is 903. The molecule has 4 aliphatic heterocycles. The third-order valence-electron chi connectivity index (χ3n) is 9.38. The van der Waals surface area contributed by atoms with E-state index in [1.807, 2.05) is 11.3 Å². The predicted octanol–water partition coefficient (Wildman–Crippen LogP) is 5.45. The van der Waals surface area contributed by atoms with Crippen LogP contribution < -0.4 is 0 Å². The summed E-state index contributed by atoms with van der Waals surface area (Å²) in [5.74, 6) is 0. The van der Waals surface area contributed by atoms with E-state index in [2.05, 4.69) is 44.8 Å². The van der Waals surface area contributed by atoms with E-state index in [1.165, 1.54) is 86.2 Å². The summed E-state index contributed by atoms with van der Waals surface area (Å²) in [5, 5.41) is 1.32. The molecule has 0 atom stereocenters. The molecule has 1 aromatic heterocycles. The fourth-order valence-electron chi connectivity index (χ4n) is 6.88. The van der Waals surface area contributed by atoms with Crippen LogP contribution in [-0.2, 0) is 22.6 Å². The Morgan fingerprint density at radius 1 is 0.872 bits per heavy atom. The fourth-order valence-corrected chi connectivity index (χ4v) is 24.1. The molecule has 1 aromatic rings. The van der Waals surface area contributed by atoms with Crippen molar-refractivity contribution in [1.82, 2.24) is 22.8 Å². The van der Waals surface area contributed by atoms with E-state index in [-0.39, 0.29) is 0 Å². The minimum atomic E-state index is -2.59. The van der Waals surface area contributed by atoms with Gasteiger partial charge >= 0.3 is 242 Å². The van der Waals surface area contributed by atoms with Gasteiger partial charge in [-0.25, -0.2) is 0 Å². The summed E-state index contributed by atoms with van der Waals surface area (Å²) >= 11 is -0.574. The normalized spacial score (nSPS) is 21.7. The van der Waals surface area contributed by atoms with Crippen molar-refractivity contribution < 1.29 is 9.47 Å². The predicted molar refractivity (Wildman–Crippen MR) is 164 cm³/mol. The van der Waals surface area contributed by atoms with E-state index in [9.17, 15) is 0 Å². The van der Waals surface area contributed by atoms with Crippen LogP contribution in [0.2, 0.25) is 13.3 Å². The molecule has 7 nitrogen and oxygen atoms in total. The Hall–Kier alpha value is -0.391. The Balaban J connectivity index is 1.36. The van der Waals surface area contributed by atoms with E-state index in [4.69, 9.17) is 14.5 Å². The third-order valence-corrected chi connectivity index (χ3v) is 25.7. The average Bonchev–Trinajstić information content (AvgIpc) is 3.37. The second-order valence-corrected chi connectivity index (χ2v) is 26.2. The van der Waals surface area contributed by atoms with Crippen molar-refractivity contribution in [3.63, 3.8) is 0 Å². The quantitative estimate of drug-likeness (QED) is 0.245. The molecule has 0 saturated carbocycles. The topological polar surface area (TPSA) is 44.3 Å². The maximum absolute atomic E-state index is 5.77. The molecule has 5 heterocycles. The molecule has 4 aliphatic rings. The van der Waals surface area contributed by atoms with Crippen LogP contribution in [0.3, 0.4) is 0 Å². The fraction of sp³-hybridized carbons (Fsp3) is 0.833. The van der Waals surface area contributed by atoms with E-state index < -0.39 is 18.7 Å². The summed E-state index contributed by atoms with van der Waals surface area (Å²) in [6.07, 6.45) is 10.8. The van der Waals surface area contributed by atoms with Crippen molar-refractivity contribution in [3.8, 4) is 0 Å². The van der Waals surface area contributed by atoms with Crippen LogP contribution in [0, 0.1) is 0 Å². The minimum absolute atomic E-state index is 0.702. The first-order valence-corrected chi connectivity index (χ1v) is 24.1. The second kappa shape index (κ2) is 14.7. The summed E-state index contributed by atoms with van der Waals surface area (Å²) in [6, 6.07) is 0.702. The first kappa shape index (κ1) is 30.1. The molecule has 220 valence electrons. The Morgan fingerprint density at radius 2 is 1.46 bits per heavy atom. The van der Waals surface area contributed by atoms with Gasteiger partial charge < -0.3 is 4.74 Å². The number of fused-ring (bicyclic) bond motifs is 1. The third kappa shape index (κ3) is 7.34. The Labute approximate surface area is 246 Å². The molecule has 0 unspecified atom stereocenters. The second-order valence-electron chi connectivity index (χ2n) is 12.2. The van der Waals surface area contributed by atoms with E-state index in [1.54, 1.807) is 0 Å². The van der Waals surface area contributed by atoms with Crippen LogP contribution in [0.25, 0.3) is 5.70 Å². The van der Waals surface area contributed by atoms with Crippen LogP contribution in [0.5, 0.6) is 0 Å². The summed E-state index contributed by atoms with van der Waals surface area (Å²) in [4.78, 5) is 14.7. The molecule has 0 amide bonds. The van der Waals surface area contributed by atoms with Gasteiger partial charge in [-0.05, 0) is 0 Å². The summed E-state index contributed by atoms with van der Waals surface area (Å²) in [5.41, 5.74) is 2.70. The molecule has 0 aromatic carbocycles. The van der Waals surface area contributed by atoms with Crippen molar-refractivity contribution in [3.05, 3.63) is 21.8 Å². The zero-order chi connectivity index (χ0) is 27.1. The molecule has 5 rings (SSSR count). The van der Waals surface area contributed by atoms with E-state index in [0.717, 1.165) is 65.7 Å². The van der Waals surface area contributed by atoms with Gasteiger partial charge in [0.1, 0.15) is 0 Å². The number of rotatable bonds is 14. The zero-order valence-corrected chi connectivity index (χ0v) is 28.6. The van der Waals surface area contributed by atoms with Gasteiger partial charge in [-0.3, -0.25) is 0 Å². The summed E-state index contributed by atoms with van der Waals surface area (Å²) in [7, 11) is 0. The van der Waals surface area contributed by atoms with Crippen LogP contribution in [0.4, 0.5) is 0 Å². The number of hydrogen-bond acceptors (Lipinski definition) is 8. The first-order chi connectivity index (χ1) is 19.2. The average molecular weight is 667 g/mol. The van der Waals surface area contributed by atoms with Gasteiger partial charge in [0.2, 0.25) is 0 Å².